The molecule has 1 atom stereocenters. The fraction of sp³-hybridized carbons (Fsp3) is 0.556. The van der Waals surface area contributed by atoms with E-state index in [1.807, 2.05) is 0 Å². The van der Waals surface area contributed by atoms with Crippen LogP contribution < -0.4 is 5.73 Å². The lowest BCUT2D eigenvalue weighted by Crippen LogP contribution is -2.17. The van der Waals surface area contributed by atoms with Gasteiger partial charge < -0.3 is 10.7 Å². The third-order valence-corrected chi connectivity index (χ3v) is 2.57. The maximum atomic E-state index is 12.5. The van der Waals surface area contributed by atoms with Crippen molar-refractivity contribution in [2.24, 2.45) is 11.7 Å². The van der Waals surface area contributed by atoms with Crippen LogP contribution in [-0.2, 0) is 6.18 Å². The number of aromatic nitrogens is 1. The van der Waals surface area contributed by atoms with Crippen LogP contribution in [0.4, 0.5) is 13.2 Å². The minimum Gasteiger partial charge on any atom is -0.367 e. The lowest BCUT2D eigenvalue weighted by atomic mass is 10.0. The Balaban J connectivity index is 2.28. The smallest absolute Gasteiger partial charge is 0.367 e. The van der Waals surface area contributed by atoms with E-state index in [1.165, 1.54) is 6.20 Å². The van der Waals surface area contributed by atoms with Crippen LogP contribution in [0.15, 0.2) is 12.4 Å². The number of nitrogens with one attached hydrogen (secondary N) is 1. The summed E-state index contributed by atoms with van der Waals surface area (Å²) in [5.41, 5.74) is 5.29. The standard InChI is InChI=1S/C9H11F3N2/c10-9(11,12)7-4-14-3-6(7)8(13)5-1-2-5/h3-5,8,14H,1-2,13H2/t8-/m1/s1. The lowest BCUT2D eigenvalue weighted by molar-refractivity contribution is -0.138. The van der Waals surface area contributed by atoms with Gasteiger partial charge in [0.25, 0.3) is 0 Å². The molecular formula is C9H11F3N2. The highest BCUT2D eigenvalue weighted by molar-refractivity contribution is 5.30. The largest absolute Gasteiger partial charge is 0.418 e. The molecule has 3 N–H and O–H groups in total. The molecule has 0 radical (unpaired) electrons. The van der Waals surface area contributed by atoms with Crippen LogP contribution in [0.1, 0.15) is 30.0 Å². The van der Waals surface area contributed by atoms with Crippen molar-refractivity contribution in [2.45, 2.75) is 25.1 Å². The number of aromatic amines is 1. The predicted octanol–water partition coefficient (Wildman–Crippen LogP) is 2.44. The third kappa shape index (κ3) is 1.64. The van der Waals surface area contributed by atoms with Crippen LogP contribution in [-0.4, -0.2) is 4.98 Å². The second-order valence-electron chi connectivity index (χ2n) is 3.69. The van der Waals surface area contributed by atoms with Gasteiger partial charge in [-0.3, -0.25) is 0 Å². The number of hydrogen-bond donors (Lipinski definition) is 2. The Morgan fingerprint density at radius 2 is 2.00 bits per heavy atom. The normalized spacial score (nSPS) is 19.7. The summed E-state index contributed by atoms with van der Waals surface area (Å²) in [7, 11) is 0. The minimum atomic E-state index is -4.30. The molecule has 5 heteroatoms. The van der Waals surface area contributed by atoms with Crippen molar-refractivity contribution in [1.82, 2.24) is 4.98 Å². The fourth-order valence-corrected chi connectivity index (χ4v) is 1.61. The molecule has 0 amide bonds. The molecule has 1 aromatic rings. The van der Waals surface area contributed by atoms with Gasteiger partial charge in [0.1, 0.15) is 0 Å². The van der Waals surface area contributed by atoms with Crippen LogP contribution in [0, 0.1) is 5.92 Å². The average Bonchev–Trinajstić information content (AvgIpc) is 2.78. The first kappa shape index (κ1) is 9.58. The van der Waals surface area contributed by atoms with Crippen LogP contribution in [0.2, 0.25) is 0 Å². The van der Waals surface area contributed by atoms with E-state index >= 15 is 0 Å². The molecule has 1 aliphatic carbocycles. The Hall–Kier alpha value is -0.970. The van der Waals surface area contributed by atoms with Crippen molar-refractivity contribution >= 4 is 0 Å². The summed E-state index contributed by atoms with van der Waals surface area (Å²) < 4.78 is 37.4. The zero-order valence-electron chi connectivity index (χ0n) is 7.43. The predicted molar refractivity (Wildman–Crippen MR) is 45.4 cm³/mol. The van der Waals surface area contributed by atoms with Gasteiger partial charge in [0, 0.05) is 18.4 Å². The maximum Gasteiger partial charge on any atom is 0.418 e. The van der Waals surface area contributed by atoms with Gasteiger partial charge in [-0.05, 0) is 24.3 Å². The van der Waals surface area contributed by atoms with Gasteiger partial charge in [0.2, 0.25) is 0 Å². The SMILES string of the molecule is N[C@@H](c1c[nH]cc1C(F)(F)F)C1CC1. The van der Waals surface area contributed by atoms with Crippen LogP contribution in [0.25, 0.3) is 0 Å². The molecule has 14 heavy (non-hydrogen) atoms. The molecule has 0 aromatic carbocycles. The highest BCUT2D eigenvalue weighted by atomic mass is 19.4. The number of H-pyrrole nitrogens is 1. The number of nitrogens with two attached hydrogens (primary N) is 1. The lowest BCUT2D eigenvalue weighted by Gasteiger charge is -2.13. The summed E-state index contributed by atoms with van der Waals surface area (Å²) in [5, 5.41) is 0. The molecule has 0 spiro atoms. The molecule has 0 bridgehead atoms. The van der Waals surface area contributed by atoms with Gasteiger partial charge in [-0.2, -0.15) is 13.2 Å². The molecule has 1 fully saturated rings. The van der Waals surface area contributed by atoms with Gasteiger partial charge in [-0.25, -0.2) is 0 Å². The molecule has 78 valence electrons. The van der Waals surface area contributed by atoms with Crippen molar-refractivity contribution in [3.8, 4) is 0 Å². The Kier molecular flexibility index (Phi) is 2.06. The summed E-state index contributed by atoms with van der Waals surface area (Å²) in [6.45, 7) is 0. The van der Waals surface area contributed by atoms with E-state index in [2.05, 4.69) is 4.98 Å². The van der Waals surface area contributed by atoms with Crippen molar-refractivity contribution < 1.29 is 13.2 Å². The molecule has 1 aromatic heterocycles. The molecule has 1 heterocycles. The Bertz CT molecular complexity index is 325. The summed E-state index contributed by atoms with van der Waals surface area (Å²) in [5.74, 6) is 0.229. The van der Waals surface area contributed by atoms with Crippen LogP contribution in [0.5, 0.6) is 0 Å². The van der Waals surface area contributed by atoms with E-state index in [0.717, 1.165) is 19.0 Å². The van der Waals surface area contributed by atoms with Crippen molar-refractivity contribution in [1.29, 1.82) is 0 Å². The third-order valence-electron chi connectivity index (χ3n) is 2.57. The summed E-state index contributed by atoms with van der Waals surface area (Å²) in [4.78, 5) is 2.47. The monoisotopic (exact) mass is 204 g/mol. The zero-order valence-corrected chi connectivity index (χ0v) is 7.43. The van der Waals surface area contributed by atoms with Gasteiger partial charge in [0.15, 0.2) is 0 Å². The van der Waals surface area contributed by atoms with Gasteiger partial charge in [-0.15, -0.1) is 0 Å². The first-order chi connectivity index (χ1) is 6.50. The molecule has 2 rings (SSSR count). The first-order valence-corrected chi connectivity index (χ1v) is 4.49. The second kappa shape index (κ2) is 3.02. The van der Waals surface area contributed by atoms with Gasteiger partial charge >= 0.3 is 6.18 Å². The van der Waals surface area contributed by atoms with Crippen LogP contribution in [0.3, 0.4) is 0 Å². The van der Waals surface area contributed by atoms with E-state index in [9.17, 15) is 13.2 Å². The molecule has 1 saturated carbocycles. The summed E-state index contributed by atoms with van der Waals surface area (Å²) in [6, 6.07) is -0.474. The topological polar surface area (TPSA) is 41.8 Å². The zero-order chi connectivity index (χ0) is 10.3. The average molecular weight is 204 g/mol. The quantitative estimate of drug-likeness (QED) is 0.763. The molecule has 0 aliphatic heterocycles. The Morgan fingerprint density at radius 3 is 2.50 bits per heavy atom. The van der Waals surface area contributed by atoms with E-state index in [0.29, 0.717) is 0 Å². The van der Waals surface area contributed by atoms with Gasteiger partial charge in [0.05, 0.1) is 5.56 Å². The highest BCUT2D eigenvalue weighted by Crippen LogP contribution is 2.43. The Morgan fingerprint density at radius 1 is 1.36 bits per heavy atom. The Labute approximate surface area is 79.3 Å². The second-order valence-corrected chi connectivity index (χ2v) is 3.69. The summed E-state index contributed by atoms with van der Waals surface area (Å²) in [6.07, 6.45) is -0.113. The molecule has 0 unspecified atom stereocenters. The van der Waals surface area contributed by atoms with Crippen molar-refractivity contribution in [3.63, 3.8) is 0 Å². The maximum absolute atomic E-state index is 12.5. The van der Waals surface area contributed by atoms with Crippen molar-refractivity contribution in [2.75, 3.05) is 0 Å². The number of rotatable bonds is 2. The molecule has 2 nitrogen and oxygen atoms in total. The molecule has 1 aliphatic rings. The van der Waals surface area contributed by atoms with E-state index < -0.39 is 17.8 Å². The van der Waals surface area contributed by atoms with Gasteiger partial charge in [-0.1, -0.05) is 0 Å². The fourth-order valence-electron chi connectivity index (χ4n) is 1.61. The summed E-state index contributed by atoms with van der Waals surface area (Å²) >= 11 is 0. The molecule has 0 saturated heterocycles. The van der Waals surface area contributed by atoms with E-state index in [4.69, 9.17) is 5.73 Å². The number of alkyl halides is 3. The van der Waals surface area contributed by atoms with E-state index in [-0.39, 0.29) is 11.5 Å². The van der Waals surface area contributed by atoms with Crippen molar-refractivity contribution in [3.05, 3.63) is 23.5 Å². The molecular weight excluding hydrogens is 193 g/mol. The number of halogens is 3. The number of hydrogen-bond acceptors (Lipinski definition) is 1. The van der Waals surface area contributed by atoms with E-state index in [1.54, 1.807) is 0 Å². The highest BCUT2D eigenvalue weighted by Gasteiger charge is 2.39. The minimum absolute atomic E-state index is 0.194. The van der Waals surface area contributed by atoms with Crippen LogP contribution >= 0.6 is 0 Å². The first-order valence-electron chi connectivity index (χ1n) is 4.49.